The normalized spacial score (nSPS) is 26.8. The van der Waals surface area contributed by atoms with Gasteiger partial charge in [-0.05, 0) is 38.3 Å². The van der Waals surface area contributed by atoms with Crippen LogP contribution in [0.1, 0.15) is 30.7 Å². The molecule has 1 amide bonds. The molecule has 1 aromatic heterocycles. The third-order valence-corrected chi connectivity index (χ3v) is 4.64. The molecule has 0 radical (unpaired) electrons. The Balaban J connectivity index is 1.88. The minimum Gasteiger partial charge on any atom is -0.352 e. The summed E-state index contributed by atoms with van der Waals surface area (Å²) in [5, 5.41) is 5.02. The molecule has 1 aromatic rings. The average molecular weight is 267 g/mol. The minimum absolute atomic E-state index is 0.0563. The van der Waals surface area contributed by atoms with Crippen molar-refractivity contribution in [3.05, 3.63) is 22.4 Å². The zero-order valence-corrected chi connectivity index (χ0v) is 11.7. The maximum atomic E-state index is 12.1. The summed E-state index contributed by atoms with van der Waals surface area (Å²) in [6, 6.07) is 4.08. The molecule has 0 aromatic carbocycles. The van der Waals surface area contributed by atoms with Crippen LogP contribution in [0.25, 0.3) is 0 Å². The number of nitrogens with one attached hydrogen (secondary N) is 1. The van der Waals surface area contributed by atoms with Crippen molar-refractivity contribution in [1.29, 1.82) is 0 Å². The van der Waals surface area contributed by atoms with Gasteiger partial charge in [0.2, 0.25) is 5.91 Å². The zero-order valence-electron chi connectivity index (χ0n) is 10.9. The van der Waals surface area contributed by atoms with Gasteiger partial charge in [-0.2, -0.15) is 0 Å². The van der Waals surface area contributed by atoms with Crippen molar-refractivity contribution < 1.29 is 4.79 Å². The van der Waals surface area contributed by atoms with Gasteiger partial charge in [0, 0.05) is 23.5 Å². The van der Waals surface area contributed by atoms with Crippen molar-refractivity contribution in [2.45, 2.75) is 37.9 Å². The molecule has 100 valence electrons. The summed E-state index contributed by atoms with van der Waals surface area (Å²) in [4.78, 5) is 15.3. The molecule has 0 spiro atoms. The molecule has 0 saturated carbocycles. The summed E-state index contributed by atoms with van der Waals surface area (Å²) in [5.74, 6) is -0.0563. The third-order valence-electron chi connectivity index (χ3n) is 3.69. The van der Waals surface area contributed by atoms with Crippen LogP contribution in [0.2, 0.25) is 0 Å². The lowest BCUT2D eigenvalue weighted by Gasteiger charge is -2.35. The first kappa shape index (κ1) is 13.5. The molecule has 3 unspecified atom stereocenters. The highest BCUT2D eigenvalue weighted by Crippen LogP contribution is 2.19. The fourth-order valence-corrected chi connectivity index (χ4v) is 3.03. The van der Waals surface area contributed by atoms with Crippen LogP contribution in [0.5, 0.6) is 0 Å². The number of thiophene rings is 1. The van der Waals surface area contributed by atoms with E-state index in [9.17, 15) is 4.79 Å². The van der Waals surface area contributed by atoms with Gasteiger partial charge in [-0.1, -0.05) is 6.07 Å². The molecule has 5 heteroatoms. The molecule has 4 nitrogen and oxygen atoms in total. The van der Waals surface area contributed by atoms with E-state index in [1.54, 1.807) is 0 Å². The number of amides is 1. The lowest BCUT2D eigenvalue weighted by atomic mass is 9.98. The van der Waals surface area contributed by atoms with Gasteiger partial charge >= 0.3 is 0 Å². The number of carbonyl (C=O) groups excluding carboxylic acids is 1. The summed E-state index contributed by atoms with van der Waals surface area (Å²) >= 11 is 1.53. The lowest BCUT2D eigenvalue weighted by molar-refractivity contribution is -0.123. The highest BCUT2D eigenvalue weighted by molar-refractivity contribution is 7.10. The molecule has 0 aliphatic carbocycles. The van der Waals surface area contributed by atoms with Crippen molar-refractivity contribution in [3.8, 4) is 0 Å². The number of piperidine rings is 1. The second kappa shape index (κ2) is 5.82. The van der Waals surface area contributed by atoms with Gasteiger partial charge in [0.1, 0.15) is 6.04 Å². The van der Waals surface area contributed by atoms with Crippen LogP contribution in [0.15, 0.2) is 17.5 Å². The molecule has 1 aliphatic heterocycles. The van der Waals surface area contributed by atoms with E-state index < -0.39 is 6.04 Å². The van der Waals surface area contributed by atoms with E-state index in [0.717, 1.165) is 24.3 Å². The Hall–Kier alpha value is -0.910. The predicted octanol–water partition coefficient (Wildman–Crippen LogP) is 1.35. The van der Waals surface area contributed by atoms with E-state index in [2.05, 4.69) is 24.2 Å². The molecule has 1 saturated heterocycles. The Labute approximate surface area is 112 Å². The van der Waals surface area contributed by atoms with E-state index in [-0.39, 0.29) is 11.9 Å². The standard InChI is InChI=1S/C13H21N3OS/c1-9-8-10(5-6-16(9)2)15-13(17)12(14)11-4-3-7-18-11/h3-4,7,9-10,12H,5-6,8,14H2,1-2H3,(H,15,17). The summed E-state index contributed by atoms with van der Waals surface area (Å²) in [6.45, 7) is 3.22. The Morgan fingerprint density at radius 2 is 2.44 bits per heavy atom. The number of hydrogen-bond acceptors (Lipinski definition) is 4. The summed E-state index contributed by atoms with van der Waals surface area (Å²) in [5.41, 5.74) is 5.95. The van der Waals surface area contributed by atoms with Crippen LogP contribution >= 0.6 is 11.3 Å². The van der Waals surface area contributed by atoms with Crippen LogP contribution in [-0.2, 0) is 4.79 Å². The SMILES string of the molecule is CC1CC(NC(=O)C(N)c2cccs2)CCN1C. The van der Waals surface area contributed by atoms with Crippen molar-refractivity contribution in [3.63, 3.8) is 0 Å². The Bertz CT molecular complexity index is 393. The van der Waals surface area contributed by atoms with Gasteiger partial charge in [-0.3, -0.25) is 4.79 Å². The Morgan fingerprint density at radius 3 is 3.06 bits per heavy atom. The highest BCUT2D eigenvalue weighted by Gasteiger charge is 2.26. The Kier molecular flexibility index (Phi) is 4.37. The fourth-order valence-electron chi connectivity index (χ4n) is 2.31. The second-order valence-corrected chi connectivity index (χ2v) is 6.03. The van der Waals surface area contributed by atoms with Crippen molar-refractivity contribution in [2.24, 2.45) is 5.73 Å². The topological polar surface area (TPSA) is 58.4 Å². The fraction of sp³-hybridized carbons (Fsp3) is 0.615. The number of nitrogens with zero attached hydrogens (tertiary/aromatic N) is 1. The van der Waals surface area contributed by atoms with E-state index >= 15 is 0 Å². The van der Waals surface area contributed by atoms with Crippen LogP contribution in [0, 0.1) is 0 Å². The van der Waals surface area contributed by atoms with Crippen LogP contribution < -0.4 is 11.1 Å². The quantitative estimate of drug-likeness (QED) is 0.869. The minimum atomic E-state index is -0.528. The zero-order chi connectivity index (χ0) is 13.1. The van der Waals surface area contributed by atoms with E-state index in [1.165, 1.54) is 11.3 Å². The van der Waals surface area contributed by atoms with Crippen molar-refractivity contribution in [1.82, 2.24) is 10.2 Å². The molecule has 2 heterocycles. The van der Waals surface area contributed by atoms with Crippen molar-refractivity contribution >= 4 is 17.2 Å². The molecular formula is C13H21N3OS. The van der Waals surface area contributed by atoms with Gasteiger partial charge in [0.25, 0.3) is 0 Å². The second-order valence-electron chi connectivity index (χ2n) is 5.05. The summed E-state index contributed by atoms with van der Waals surface area (Å²) in [7, 11) is 2.13. The van der Waals surface area contributed by atoms with E-state index in [1.807, 2.05) is 17.5 Å². The molecule has 1 aliphatic rings. The molecule has 1 fully saturated rings. The Morgan fingerprint density at radius 1 is 1.67 bits per heavy atom. The number of hydrogen-bond donors (Lipinski definition) is 2. The molecule has 18 heavy (non-hydrogen) atoms. The van der Waals surface area contributed by atoms with Gasteiger partial charge in [-0.15, -0.1) is 11.3 Å². The first-order valence-corrected chi connectivity index (χ1v) is 7.25. The van der Waals surface area contributed by atoms with E-state index in [0.29, 0.717) is 6.04 Å². The van der Waals surface area contributed by atoms with Crippen LogP contribution in [0.4, 0.5) is 0 Å². The summed E-state index contributed by atoms with van der Waals surface area (Å²) < 4.78 is 0. The average Bonchev–Trinajstić information content (AvgIpc) is 2.86. The van der Waals surface area contributed by atoms with Gasteiger partial charge in [-0.25, -0.2) is 0 Å². The number of nitrogens with two attached hydrogens (primary N) is 1. The first-order valence-electron chi connectivity index (χ1n) is 6.37. The predicted molar refractivity (Wildman–Crippen MR) is 74.5 cm³/mol. The number of likely N-dealkylation sites (tertiary alicyclic amines) is 1. The van der Waals surface area contributed by atoms with Gasteiger partial charge in [0.15, 0.2) is 0 Å². The van der Waals surface area contributed by atoms with E-state index in [4.69, 9.17) is 5.73 Å². The maximum Gasteiger partial charge on any atom is 0.242 e. The first-order chi connectivity index (χ1) is 8.58. The van der Waals surface area contributed by atoms with Gasteiger partial charge in [0.05, 0.1) is 0 Å². The highest BCUT2D eigenvalue weighted by atomic mass is 32.1. The molecular weight excluding hydrogens is 246 g/mol. The molecule has 3 N–H and O–H groups in total. The molecule has 3 atom stereocenters. The van der Waals surface area contributed by atoms with Crippen LogP contribution in [0.3, 0.4) is 0 Å². The molecule has 0 bridgehead atoms. The number of rotatable bonds is 3. The van der Waals surface area contributed by atoms with Crippen LogP contribution in [-0.4, -0.2) is 36.5 Å². The lowest BCUT2D eigenvalue weighted by Crippen LogP contribution is -2.49. The smallest absolute Gasteiger partial charge is 0.242 e. The summed E-state index contributed by atoms with van der Waals surface area (Å²) in [6.07, 6.45) is 2.00. The van der Waals surface area contributed by atoms with Crippen molar-refractivity contribution in [2.75, 3.05) is 13.6 Å². The third kappa shape index (κ3) is 3.10. The molecule has 2 rings (SSSR count). The van der Waals surface area contributed by atoms with Gasteiger partial charge < -0.3 is 16.0 Å². The number of carbonyl (C=O) groups is 1. The largest absolute Gasteiger partial charge is 0.352 e. The monoisotopic (exact) mass is 267 g/mol. The maximum absolute atomic E-state index is 12.1.